The number of carbonyl (C=O) groups excluding carboxylic acids is 1. The highest BCUT2D eigenvalue weighted by Gasteiger charge is 2.35. The maximum absolute atomic E-state index is 13.3. The molecule has 2 aromatic rings. The summed E-state index contributed by atoms with van der Waals surface area (Å²) in [5, 5.41) is 9.60. The van der Waals surface area contributed by atoms with Crippen LogP contribution in [0.2, 0.25) is 0 Å². The molecule has 1 fully saturated rings. The molecule has 1 aliphatic heterocycles. The van der Waals surface area contributed by atoms with Crippen molar-refractivity contribution in [2.75, 3.05) is 24.7 Å². The molecule has 1 saturated heterocycles. The van der Waals surface area contributed by atoms with Crippen LogP contribution in [0.1, 0.15) is 36.5 Å². The van der Waals surface area contributed by atoms with Gasteiger partial charge in [-0.25, -0.2) is 0 Å². The van der Waals surface area contributed by atoms with Crippen molar-refractivity contribution < 1.29 is 14.6 Å². The predicted molar refractivity (Wildman–Crippen MR) is 125 cm³/mol. The number of aliphatic hydroxyl groups excluding tert-OH is 1. The molecule has 30 heavy (non-hydrogen) atoms. The summed E-state index contributed by atoms with van der Waals surface area (Å²) in [6, 6.07) is 13.5. The van der Waals surface area contributed by atoms with E-state index < -0.39 is 0 Å². The number of thioether (sulfide) groups is 1. The van der Waals surface area contributed by atoms with E-state index in [1.54, 1.807) is 4.90 Å². The van der Waals surface area contributed by atoms with Crippen LogP contribution in [-0.4, -0.2) is 35.9 Å². The third kappa shape index (κ3) is 5.12. The predicted octanol–water partition coefficient (Wildman–Crippen LogP) is 4.95. The lowest BCUT2D eigenvalue weighted by Gasteiger charge is -2.19. The standard InChI is InChI=1S/C24H28N2O3S/c1-4-5-13-25-24-26(21-8-6-7-17(2)18(21)3)23(28)22(30-24)16-19-9-11-20(12-10-19)29-15-14-27/h6-12,16,27H,4-5,13-15H2,1-3H3/b22-16-,25-24?. The second-order valence-electron chi connectivity index (χ2n) is 7.13. The molecule has 0 aliphatic carbocycles. The van der Waals surface area contributed by atoms with E-state index in [4.69, 9.17) is 14.8 Å². The van der Waals surface area contributed by atoms with Crippen molar-refractivity contribution in [2.45, 2.75) is 33.6 Å². The summed E-state index contributed by atoms with van der Waals surface area (Å²) in [5.41, 5.74) is 4.03. The average molecular weight is 425 g/mol. The normalized spacial score (nSPS) is 16.7. The van der Waals surface area contributed by atoms with E-state index in [9.17, 15) is 4.79 Å². The van der Waals surface area contributed by atoms with E-state index >= 15 is 0 Å². The summed E-state index contributed by atoms with van der Waals surface area (Å²) in [7, 11) is 0. The monoisotopic (exact) mass is 424 g/mol. The molecule has 0 aromatic heterocycles. The van der Waals surface area contributed by atoms with Gasteiger partial charge in [-0.1, -0.05) is 37.6 Å². The van der Waals surface area contributed by atoms with Crippen LogP contribution in [0.4, 0.5) is 5.69 Å². The van der Waals surface area contributed by atoms with E-state index in [0.29, 0.717) is 17.2 Å². The first kappa shape index (κ1) is 22.1. The first-order valence-corrected chi connectivity index (χ1v) is 11.0. The third-order valence-corrected chi connectivity index (χ3v) is 5.93. The summed E-state index contributed by atoms with van der Waals surface area (Å²) >= 11 is 1.42. The topological polar surface area (TPSA) is 62.1 Å². The van der Waals surface area contributed by atoms with E-state index in [2.05, 4.69) is 19.9 Å². The van der Waals surface area contributed by atoms with Crippen molar-refractivity contribution in [3.05, 3.63) is 64.1 Å². The van der Waals surface area contributed by atoms with Gasteiger partial charge in [-0.15, -0.1) is 0 Å². The van der Waals surface area contributed by atoms with Crippen molar-refractivity contribution in [3.8, 4) is 5.75 Å². The summed E-state index contributed by atoms with van der Waals surface area (Å²) in [6.07, 6.45) is 3.95. The number of aliphatic hydroxyl groups is 1. The lowest BCUT2D eigenvalue weighted by molar-refractivity contribution is -0.113. The van der Waals surface area contributed by atoms with Crippen molar-refractivity contribution in [1.82, 2.24) is 0 Å². The van der Waals surface area contributed by atoms with Gasteiger partial charge >= 0.3 is 0 Å². The maximum Gasteiger partial charge on any atom is 0.271 e. The minimum atomic E-state index is -0.0513. The van der Waals surface area contributed by atoms with Gasteiger partial charge in [0.05, 0.1) is 17.2 Å². The molecule has 6 heteroatoms. The zero-order chi connectivity index (χ0) is 21.5. The number of rotatable bonds is 8. The van der Waals surface area contributed by atoms with E-state index in [1.165, 1.54) is 11.8 Å². The Labute approximate surface area is 182 Å². The number of aliphatic imine (C=N–C) groups is 1. The van der Waals surface area contributed by atoms with Gasteiger partial charge in [0, 0.05) is 6.54 Å². The Morgan fingerprint density at radius 2 is 1.93 bits per heavy atom. The molecule has 1 amide bonds. The fourth-order valence-corrected chi connectivity index (χ4v) is 4.08. The number of carbonyl (C=O) groups is 1. The zero-order valence-electron chi connectivity index (χ0n) is 17.7. The van der Waals surface area contributed by atoms with Gasteiger partial charge in [-0.3, -0.25) is 14.7 Å². The summed E-state index contributed by atoms with van der Waals surface area (Å²) < 4.78 is 5.40. The molecule has 1 N–H and O–H groups in total. The molecule has 158 valence electrons. The fourth-order valence-electron chi connectivity index (χ4n) is 3.08. The Balaban J connectivity index is 1.91. The number of ether oxygens (including phenoxy) is 1. The SMILES string of the molecule is CCCCN=C1S/C(=C\c2ccc(OCCO)cc2)C(=O)N1c1cccc(C)c1C. The second kappa shape index (κ2) is 10.5. The lowest BCUT2D eigenvalue weighted by Crippen LogP contribution is -2.29. The molecule has 5 nitrogen and oxygen atoms in total. The molecule has 0 bridgehead atoms. The maximum atomic E-state index is 13.3. The number of amides is 1. The molecule has 0 radical (unpaired) electrons. The summed E-state index contributed by atoms with van der Waals surface area (Å²) in [6.45, 7) is 7.17. The Hall–Kier alpha value is -2.57. The average Bonchev–Trinajstić information content (AvgIpc) is 3.05. The highest BCUT2D eigenvalue weighted by molar-refractivity contribution is 8.19. The van der Waals surface area contributed by atoms with Gasteiger partial charge in [0.1, 0.15) is 12.4 Å². The van der Waals surface area contributed by atoms with E-state index in [0.717, 1.165) is 40.4 Å². The molecule has 2 aromatic carbocycles. The molecule has 0 unspecified atom stereocenters. The Morgan fingerprint density at radius 3 is 2.63 bits per heavy atom. The van der Waals surface area contributed by atoms with Crippen molar-refractivity contribution in [3.63, 3.8) is 0 Å². The number of aryl methyl sites for hydroxylation is 1. The number of unbranched alkanes of at least 4 members (excludes halogenated alkanes) is 1. The summed E-state index contributed by atoms with van der Waals surface area (Å²) in [5.74, 6) is 0.639. The number of amidine groups is 1. The fraction of sp³-hybridized carbons (Fsp3) is 0.333. The second-order valence-corrected chi connectivity index (χ2v) is 8.14. The van der Waals surface area contributed by atoms with E-state index in [1.807, 2.05) is 49.4 Å². The van der Waals surface area contributed by atoms with Crippen LogP contribution < -0.4 is 9.64 Å². The van der Waals surface area contributed by atoms with Crippen molar-refractivity contribution in [1.29, 1.82) is 0 Å². The highest BCUT2D eigenvalue weighted by atomic mass is 32.2. The zero-order valence-corrected chi connectivity index (χ0v) is 18.5. The number of hydrogen-bond acceptors (Lipinski definition) is 5. The van der Waals surface area contributed by atoms with Crippen LogP contribution >= 0.6 is 11.8 Å². The largest absolute Gasteiger partial charge is 0.491 e. The first-order valence-electron chi connectivity index (χ1n) is 10.2. The Morgan fingerprint density at radius 1 is 1.17 bits per heavy atom. The Bertz CT molecular complexity index is 951. The third-order valence-electron chi connectivity index (χ3n) is 4.92. The summed E-state index contributed by atoms with van der Waals surface area (Å²) in [4.78, 5) is 20.5. The van der Waals surface area contributed by atoms with Gasteiger partial charge in [0.15, 0.2) is 5.17 Å². The van der Waals surface area contributed by atoms with Gasteiger partial charge in [0.2, 0.25) is 0 Å². The van der Waals surface area contributed by atoms with Crippen LogP contribution in [0.3, 0.4) is 0 Å². The van der Waals surface area contributed by atoms with Crippen LogP contribution in [0, 0.1) is 13.8 Å². The van der Waals surface area contributed by atoms with Crippen LogP contribution in [0.25, 0.3) is 6.08 Å². The van der Waals surface area contributed by atoms with Crippen molar-refractivity contribution >= 4 is 34.6 Å². The Kier molecular flexibility index (Phi) is 7.71. The highest BCUT2D eigenvalue weighted by Crippen LogP contribution is 2.38. The molecule has 0 atom stereocenters. The smallest absolute Gasteiger partial charge is 0.271 e. The molecule has 1 heterocycles. The quantitative estimate of drug-likeness (QED) is 0.481. The first-order chi connectivity index (χ1) is 14.5. The number of hydrogen-bond donors (Lipinski definition) is 1. The lowest BCUT2D eigenvalue weighted by atomic mass is 10.1. The number of benzene rings is 2. The van der Waals surface area contributed by atoms with Gasteiger partial charge in [-0.2, -0.15) is 0 Å². The molecule has 0 saturated carbocycles. The van der Waals surface area contributed by atoms with Crippen LogP contribution in [0.5, 0.6) is 5.75 Å². The van der Waals surface area contributed by atoms with Gasteiger partial charge in [-0.05, 0) is 73.0 Å². The van der Waals surface area contributed by atoms with Crippen molar-refractivity contribution in [2.24, 2.45) is 4.99 Å². The van der Waals surface area contributed by atoms with Crippen LogP contribution in [0.15, 0.2) is 52.4 Å². The van der Waals surface area contributed by atoms with E-state index in [-0.39, 0.29) is 19.1 Å². The number of nitrogens with zero attached hydrogens (tertiary/aromatic N) is 2. The molecular formula is C24H28N2O3S. The molecule has 1 aliphatic rings. The minimum Gasteiger partial charge on any atom is -0.491 e. The number of anilines is 1. The molecular weight excluding hydrogens is 396 g/mol. The molecule has 0 spiro atoms. The van der Waals surface area contributed by atoms with Gasteiger partial charge < -0.3 is 9.84 Å². The molecule has 3 rings (SSSR count). The van der Waals surface area contributed by atoms with Crippen LogP contribution in [-0.2, 0) is 4.79 Å². The van der Waals surface area contributed by atoms with Gasteiger partial charge in [0.25, 0.3) is 5.91 Å². The minimum absolute atomic E-state index is 0.0225.